The van der Waals surface area contributed by atoms with Crippen LogP contribution in [0.3, 0.4) is 0 Å². The first kappa shape index (κ1) is 36.0. The van der Waals surface area contributed by atoms with E-state index in [1.807, 2.05) is 164 Å². The van der Waals surface area contributed by atoms with Crippen molar-refractivity contribution in [3.63, 3.8) is 0 Å². The lowest BCUT2D eigenvalue weighted by Crippen LogP contribution is -1.79. The number of H-pyrrole nitrogens is 2. The van der Waals surface area contributed by atoms with E-state index in [9.17, 15) is 0 Å². The molecule has 0 saturated carbocycles. The SMILES string of the molecule is C1=Cc2cc3ccc(cc4ccc(cc5nc(cc1n2)C=C5)[nH]4)[nH]3.Nc1ccccc1.Nc1ccccc1.Nc1ccccc1.Nc1ccccc1. The van der Waals surface area contributed by atoms with Crippen molar-refractivity contribution < 1.29 is 0 Å². The molecule has 0 spiro atoms. The highest BCUT2D eigenvalue weighted by atomic mass is 14.8. The molecule has 0 atom stereocenters. The Hall–Kier alpha value is -7.32. The van der Waals surface area contributed by atoms with Crippen molar-refractivity contribution in [1.29, 1.82) is 0 Å². The van der Waals surface area contributed by atoms with Gasteiger partial charge in [-0.05, 0) is 121 Å². The summed E-state index contributed by atoms with van der Waals surface area (Å²) in [5, 5.41) is 0. The van der Waals surface area contributed by atoms with Crippen molar-refractivity contribution in [3.05, 3.63) is 193 Å². The molecule has 0 amide bonds. The number of nitrogens with zero attached hydrogens (tertiary/aromatic N) is 2. The van der Waals surface area contributed by atoms with Gasteiger partial charge >= 0.3 is 0 Å². The van der Waals surface area contributed by atoms with Crippen LogP contribution in [0.4, 0.5) is 22.7 Å². The second kappa shape index (κ2) is 19.0. The number of aromatic nitrogens is 4. The minimum Gasteiger partial charge on any atom is -0.399 e. The number of aromatic amines is 2. The molecule has 0 fully saturated rings. The molecule has 5 heterocycles. The third-order valence-corrected chi connectivity index (χ3v) is 7.24. The number of rotatable bonds is 0. The van der Waals surface area contributed by atoms with E-state index in [0.717, 1.165) is 67.6 Å². The molecule has 9 rings (SSSR count). The number of benzene rings is 4. The van der Waals surface area contributed by atoms with E-state index in [4.69, 9.17) is 22.9 Å². The van der Waals surface area contributed by atoms with Gasteiger partial charge in [-0.1, -0.05) is 72.8 Å². The molecule has 4 aromatic carbocycles. The van der Waals surface area contributed by atoms with E-state index in [1.54, 1.807) is 0 Å². The minimum atomic E-state index is 0.822. The fraction of sp³-hybridized carbons (Fsp3) is 0. The highest BCUT2D eigenvalue weighted by Crippen LogP contribution is 2.17. The van der Waals surface area contributed by atoms with Crippen molar-refractivity contribution in [3.8, 4) is 0 Å². The van der Waals surface area contributed by atoms with Crippen LogP contribution >= 0.6 is 0 Å². The molecule has 3 aromatic heterocycles. The van der Waals surface area contributed by atoms with Gasteiger partial charge in [0.25, 0.3) is 0 Å². The lowest BCUT2D eigenvalue weighted by molar-refractivity contribution is 1.28. The number of nitrogen functional groups attached to an aromatic ring is 4. The van der Waals surface area contributed by atoms with Gasteiger partial charge < -0.3 is 32.9 Å². The largest absolute Gasteiger partial charge is 0.399 e. The first-order chi connectivity index (χ1) is 25.4. The molecule has 258 valence electrons. The molecule has 8 heteroatoms. The number of hydrogen-bond acceptors (Lipinski definition) is 6. The van der Waals surface area contributed by atoms with Gasteiger partial charge in [0.15, 0.2) is 0 Å². The maximum Gasteiger partial charge on any atom is 0.0659 e. The van der Waals surface area contributed by atoms with Crippen molar-refractivity contribution in [2.45, 2.75) is 0 Å². The van der Waals surface area contributed by atoms with Gasteiger partial charge in [-0.25, -0.2) is 9.97 Å². The summed E-state index contributed by atoms with van der Waals surface area (Å²) in [5.41, 5.74) is 32.6. The van der Waals surface area contributed by atoms with Crippen molar-refractivity contribution in [1.82, 2.24) is 19.9 Å². The molecule has 52 heavy (non-hydrogen) atoms. The molecule has 0 unspecified atom stereocenters. The number of anilines is 4. The van der Waals surface area contributed by atoms with E-state index in [-0.39, 0.29) is 0 Å². The van der Waals surface area contributed by atoms with Gasteiger partial charge in [-0.2, -0.15) is 0 Å². The Morgan fingerprint density at radius 3 is 0.788 bits per heavy atom. The maximum atomic E-state index is 5.36. The summed E-state index contributed by atoms with van der Waals surface area (Å²) >= 11 is 0. The third-order valence-electron chi connectivity index (χ3n) is 7.24. The lowest BCUT2D eigenvalue weighted by atomic mass is 10.3. The molecule has 2 aliphatic heterocycles. The third kappa shape index (κ3) is 12.6. The summed E-state index contributed by atoms with van der Waals surface area (Å²) in [4.78, 5) is 16.0. The smallest absolute Gasteiger partial charge is 0.0659 e. The second-order valence-corrected chi connectivity index (χ2v) is 11.5. The molecule has 0 aliphatic carbocycles. The molecule has 8 bridgehead atoms. The number of nitrogens with one attached hydrogen (secondary N) is 2. The molecule has 7 aromatic rings. The first-order valence-corrected chi connectivity index (χ1v) is 16.6. The zero-order chi connectivity index (χ0) is 36.4. The van der Waals surface area contributed by atoms with Crippen LogP contribution < -0.4 is 22.9 Å². The van der Waals surface area contributed by atoms with Crippen LogP contribution in [0.2, 0.25) is 0 Å². The summed E-state index contributed by atoms with van der Waals surface area (Å²) < 4.78 is 0. The van der Waals surface area contributed by atoms with Crippen molar-refractivity contribution in [2.24, 2.45) is 0 Å². The Labute approximate surface area is 303 Å². The average molecular weight is 683 g/mol. The summed E-state index contributed by atoms with van der Waals surface area (Å²) in [6.45, 7) is 0. The Kier molecular flexibility index (Phi) is 13.2. The predicted molar refractivity (Wildman–Crippen MR) is 222 cm³/mol. The van der Waals surface area contributed by atoms with E-state index < -0.39 is 0 Å². The highest BCUT2D eigenvalue weighted by molar-refractivity contribution is 5.77. The molecular formula is C44H42N8. The standard InChI is InChI=1S/C20H14N4.4C6H7N/c1-2-14-10-16-5-6-18(23-16)12-20-8-7-19(24-20)11-17-4-3-15(22-17)9-13(1)21-14;4*7-6-4-2-1-3-5-6/h1-12,21-22H;4*1-5H,7H2. The Morgan fingerprint density at radius 1 is 0.288 bits per heavy atom. The fourth-order valence-electron chi connectivity index (χ4n) is 4.76. The Balaban J connectivity index is 0.000000151. The zero-order valence-electron chi connectivity index (χ0n) is 28.7. The maximum absolute atomic E-state index is 5.36. The van der Waals surface area contributed by atoms with Gasteiger partial charge in [0.05, 0.1) is 22.8 Å². The van der Waals surface area contributed by atoms with Crippen LogP contribution in [0.25, 0.3) is 46.4 Å². The highest BCUT2D eigenvalue weighted by Gasteiger charge is 2.02. The van der Waals surface area contributed by atoms with Crippen LogP contribution in [0, 0.1) is 0 Å². The Morgan fingerprint density at radius 2 is 0.538 bits per heavy atom. The summed E-state index contributed by atoms with van der Waals surface area (Å²) in [6, 6.07) is 54.4. The van der Waals surface area contributed by atoms with Gasteiger partial charge in [0.1, 0.15) is 0 Å². The lowest BCUT2D eigenvalue weighted by Gasteiger charge is -1.86. The molecule has 8 nitrogen and oxygen atoms in total. The van der Waals surface area contributed by atoms with Crippen molar-refractivity contribution >= 4 is 69.1 Å². The Bertz CT molecular complexity index is 2090. The fourth-order valence-corrected chi connectivity index (χ4v) is 4.76. The van der Waals surface area contributed by atoms with E-state index >= 15 is 0 Å². The molecule has 2 aliphatic rings. The van der Waals surface area contributed by atoms with E-state index in [0.29, 0.717) is 0 Å². The molecular weight excluding hydrogens is 641 g/mol. The van der Waals surface area contributed by atoms with Crippen LogP contribution in [-0.4, -0.2) is 19.9 Å². The first-order valence-electron chi connectivity index (χ1n) is 16.6. The molecule has 10 N–H and O–H groups in total. The monoisotopic (exact) mass is 682 g/mol. The number of para-hydroxylation sites is 4. The van der Waals surface area contributed by atoms with Gasteiger partial charge in [0, 0.05) is 44.8 Å². The summed E-state index contributed by atoms with van der Waals surface area (Å²) in [7, 11) is 0. The number of nitrogens with two attached hydrogens (primary N) is 4. The van der Waals surface area contributed by atoms with Gasteiger partial charge in [0.2, 0.25) is 0 Å². The quantitative estimate of drug-likeness (QED) is 0.0873. The predicted octanol–water partition coefficient (Wildman–Crippen LogP) is 9.73. The second-order valence-electron chi connectivity index (χ2n) is 11.5. The van der Waals surface area contributed by atoms with Crippen LogP contribution in [0.15, 0.2) is 170 Å². The van der Waals surface area contributed by atoms with E-state index in [1.165, 1.54) is 0 Å². The minimum absolute atomic E-state index is 0.822. The van der Waals surface area contributed by atoms with Crippen LogP contribution in [0.5, 0.6) is 0 Å². The van der Waals surface area contributed by atoms with E-state index in [2.05, 4.69) is 50.3 Å². The average Bonchev–Trinajstić information content (AvgIpc) is 3.98. The number of hydrogen-bond donors (Lipinski definition) is 6. The van der Waals surface area contributed by atoms with Crippen LogP contribution in [-0.2, 0) is 0 Å². The topological polar surface area (TPSA) is 161 Å². The van der Waals surface area contributed by atoms with Crippen LogP contribution in [0.1, 0.15) is 22.8 Å². The van der Waals surface area contributed by atoms with Gasteiger partial charge in [-0.15, -0.1) is 0 Å². The van der Waals surface area contributed by atoms with Crippen molar-refractivity contribution in [2.75, 3.05) is 22.9 Å². The molecule has 0 saturated heterocycles. The normalized spacial score (nSPS) is 10.5. The summed E-state index contributed by atoms with van der Waals surface area (Å²) in [6.07, 6.45) is 8.05. The van der Waals surface area contributed by atoms with Gasteiger partial charge in [-0.3, -0.25) is 0 Å². The number of fused-ring (bicyclic) bond motifs is 8. The summed E-state index contributed by atoms with van der Waals surface area (Å²) in [5.74, 6) is 0. The zero-order valence-corrected chi connectivity index (χ0v) is 28.7. The molecule has 0 radical (unpaired) electrons.